The molecule has 27 heavy (non-hydrogen) atoms. The highest BCUT2D eigenvalue weighted by atomic mass is 32.2. The van der Waals surface area contributed by atoms with E-state index in [1.54, 1.807) is 13.8 Å². The minimum Gasteiger partial charge on any atom is -0.360 e. The third kappa shape index (κ3) is 4.05. The maximum absolute atomic E-state index is 13.4. The number of aryl methyl sites for hydroxylation is 2. The van der Waals surface area contributed by atoms with Crippen LogP contribution in [0.15, 0.2) is 51.9 Å². The topological polar surface area (TPSA) is 66.7 Å². The Bertz CT molecular complexity index is 1020. The fourth-order valence-electron chi connectivity index (χ4n) is 3.19. The first-order valence-corrected chi connectivity index (χ1v) is 10.3. The molecule has 0 aliphatic carbocycles. The van der Waals surface area contributed by atoms with Crippen LogP contribution >= 0.6 is 0 Å². The van der Waals surface area contributed by atoms with E-state index in [9.17, 15) is 8.42 Å². The Morgan fingerprint density at radius 3 is 2.37 bits per heavy atom. The molecule has 0 radical (unpaired) electrons. The van der Waals surface area contributed by atoms with Crippen molar-refractivity contribution in [1.29, 1.82) is 0 Å². The molecule has 0 aliphatic heterocycles. The Labute approximate surface area is 160 Å². The zero-order valence-electron chi connectivity index (χ0n) is 16.1. The molecule has 2 aromatic carbocycles. The number of hydrogen-bond acceptors (Lipinski definition) is 5. The van der Waals surface area contributed by atoms with E-state index in [-0.39, 0.29) is 4.90 Å². The molecule has 0 N–H and O–H groups in total. The summed E-state index contributed by atoms with van der Waals surface area (Å²) in [5, 5.41) is 5.98. The minimum atomic E-state index is -3.73. The van der Waals surface area contributed by atoms with Crippen LogP contribution < -0.4 is 0 Å². The van der Waals surface area contributed by atoms with E-state index in [0.29, 0.717) is 31.1 Å². The van der Waals surface area contributed by atoms with Gasteiger partial charge in [-0.3, -0.25) is 0 Å². The van der Waals surface area contributed by atoms with Gasteiger partial charge in [-0.1, -0.05) is 47.6 Å². The molecule has 144 valence electrons. The van der Waals surface area contributed by atoms with E-state index < -0.39 is 10.0 Å². The summed E-state index contributed by atoms with van der Waals surface area (Å²) in [6, 6.07) is 14.0. The first kappa shape index (κ1) is 19.5. The number of aromatic nitrogens is 1. The number of rotatable bonds is 7. The standard InChI is InChI=1S/C20H25N3O3S/c1-15-20(16(2)26-21-15)27(24,25)23(13-12-22(3)4)14-18-10-7-9-17-8-5-6-11-19(17)18/h5-11H,12-14H2,1-4H3. The smallest absolute Gasteiger partial charge is 0.248 e. The quantitative estimate of drug-likeness (QED) is 0.623. The van der Waals surface area contributed by atoms with Crippen molar-refractivity contribution in [3.63, 3.8) is 0 Å². The molecule has 1 aromatic heterocycles. The van der Waals surface area contributed by atoms with E-state index >= 15 is 0 Å². The summed E-state index contributed by atoms with van der Waals surface area (Å²) in [7, 11) is 0.127. The van der Waals surface area contributed by atoms with E-state index in [4.69, 9.17) is 4.52 Å². The molecule has 3 rings (SSSR count). The van der Waals surface area contributed by atoms with Crippen molar-refractivity contribution in [2.75, 3.05) is 27.2 Å². The first-order valence-electron chi connectivity index (χ1n) is 8.85. The molecule has 7 heteroatoms. The van der Waals surface area contributed by atoms with Gasteiger partial charge < -0.3 is 9.42 Å². The first-order chi connectivity index (χ1) is 12.8. The molecule has 0 aliphatic rings. The molecule has 6 nitrogen and oxygen atoms in total. The molecule has 0 saturated carbocycles. The predicted octanol–water partition coefficient (Wildman–Crippen LogP) is 3.20. The van der Waals surface area contributed by atoms with Crippen molar-refractivity contribution in [3.8, 4) is 0 Å². The fourth-order valence-corrected chi connectivity index (χ4v) is 4.89. The highest BCUT2D eigenvalue weighted by Gasteiger charge is 2.31. The lowest BCUT2D eigenvalue weighted by molar-refractivity contribution is 0.329. The largest absolute Gasteiger partial charge is 0.360 e. The summed E-state index contributed by atoms with van der Waals surface area (Å²) in [6.45, 7) is 4.58. The molecule has 0 amide bonds. The Hall–Kier alpha value is -2.22. The SMILES string of the molecule is Cc1noc(C)c1S(=O)(=O)N(CCN(C)C)Cc1cccc2ccccc12. The van der Waals surface area contributed by atoms with Gasteiger partial charge in [0.2, 0.25) is 10.0 Å². The Morgan fingerprint density at radius 1 is 1.00 bits per heavy atom. The summed E-state index contributed by atoms with van der Waals surface area (Å²) < 4.78 is 33.4. The average Bonchev–Trinajstić information content (AvgIpc) is 2.97. The Balaban J connectivity index is 2.03. The summed E-state index contributed by atoms with van der Waals surface area (Å²) in [4.78, 5) is 2.14. The van der Waals surface area contributed by atoms with Crippen LogP contribution in [0.1, 0.15) is 17.0 Å². The van der Waals surface area contributed by atoms with Crippen LogP contribution in [0, 0.1) is 13.8 Å². The van der Waals surface area contributed by atoms with Crippen molar-refractivity contribution >= 4 is 20.8 Å². The van der Waals surface area contributed by atoms with Gasteiger partial charge in [0, 0.05) is 19.6 Å². The number of sulfonamides is 1. The maximum Gasteiger partial charge on any atom is 0.248 e. The van der Waals surface area contributed by atoms with Crippen LogP contribution in [0.5, 0.6) is 0 Å². The molecule has 0 fully saturated rings. The lowest BCUT2D eigenvalue weighted by atomic mass is 10.0. The average molecular weight is 388 g/mol. The molecule has 0 bridgehead atoms. The zero-order valence-corrected chi connectivity index (χ0v) is 17.0. The normalized spacial score (nSPS) is 12.4. The van der Waals surface area contributed by atoms with Crippen LogP contribution in [0.4, 0.5) is 0 Å². The zero-order chi connectivity index (χ0) is 19.6. The molecule has 0 unspecified atom stereocenters. The molecular formula is C20H25N3O3S. The van der Waals surface area contributed by atoms with E-state index in [0.717, 1.165) is 16.3 Å². The van der Waals surface area contributed by atoms with Crippen molar-refractivity contribution in [3.05, 3.63) is 59.5 Å². The van der Waals surface area contributed by atoms with Gasteiger partial charge in [-0.05, 0) is 44.3 Å². The third-order valence-electron chi connectivity index (χ3n) is 4.59. The van der Waals surface area contributed by atoms with Gasteiger partial charge in [0.1, 0.15) is 10.6 Å². The predicted molar refractivity (Wildman–Crippen MR) is 106 cm³/mol. The van der Waals surface area contributed by atoms with Gasteiger partial charge >= 0.3 is 0 Å². The van der Waals surface area contributed by atoms with E-state index in [2.05, 4.69) is 5.16 Å². The van der Waals surface area contributed by atoms with Crippen molar-refractivity contribution in [2.24, 2.45) is 0 Å². The summed E-state index contributed by atoms with van der Waals surface area (Å²) in [5.41, 5.74) is 1.36. The second-order valence-electron chi connectivity index (χ2n) is 6.93. The van der Waals surface area contributed by atoms with Gasteiger partial charge in [-0.15, -0.1) is 0 Å². The van der Waals surface area contributed by atoms with Crippen LogP contribution in [0.3, 0.4) is 0 Å². The highest BCUT2D eigenvalue weighted by molar-refractivity contribution is 7.89. The molecule has 1 heterocycles. The monoisotopic (exact) mass is 387 g/mol. The van der Waals surface area contributed by atoms with E-state index in [1.165, 1.54) is 4.31 Å². The summed E-state index contributed by atoms with van der Waals surface area (Å²) >= 11 is 0. The Morgan fingerprint density at radius 2 is 1.70 bits per heavy atom. The van der Waals surface area contributed by atoms with Gasteiger partial charge in [0.25, 0.3) is 0 Å². The number of likely N-dealkylation sites (N-methyl/N-ethyl adjacent to an activating group) is 1. The second-order valence-corrected chi connectivity index (χ2v) is 8.81. The highest BCUT2D eigenvalue weighted by Crippen LogP contribution is 2.27. The van der Waals surface area contributed by atoms with Gasteiger partial charge in [-0.25, -0.2) is 8.42 Å². The molecule has 0 atom stereocenters. The molecule has 0 saturated heterocycles. The lowest BCUT2D eigenvalue weighted by Gasteiger charge is -2.24. The number of benzene rings is 2. The minimum absolute atomic E-state index is 0.168. The van der Waals surface area contributed by atoms with Crippen LogP contribution in [0.25, 0.3) is 10.8 Å². The van der Waals surface area contributed by atoms with Crippen LogP contribution in [-0.4, -0.2) is 50.0 Å². The summed E-state index contributed by atoms with van der Waals surface area (Å²) in [5.74, 6) is 0.320. The van der Waals surface area contributed by atoms with E-state index in [1.807, 2.05) is 61.5 Å². The van der Waals surface area contributed by atoms with Gasteiger partial charge in [0.05, 0.1) is 0 Å². The second kappa shape index (κ2) is 7.80. The van der Waals surface area contributed by atoms with Gasteiger partial charge in [0.15, 0.2) is 5.76 Å². The van der Waals surface area contributed by atoms with Gasteiger partial charge in [-0.2, -0.15) is 4.31 Å². The maximum atomic E-state index is 13.4. The number of nitrogens with zero attached hydrogens (tertiary/aromatic N) is 3. The van der Waals surface area contributed by atoms with Crippen molar-refractivity contribution in [2.45, 2.75) is 25.3 Å². The van der Waals surface area contributed by atoms with Crippen LogP contribution in [-0.2, 0) is 16.6 Å². The Kier molecular flexibility index (Phi) is 5.64. The molecule has 3 aromatic rings. The van der Waals surface area contributed by atoms with Crippen LogP contribution in [0.2, 0.25) is 0 Å². The number of hydrogen-bond donors (Lipinski definition) is 0. The number of fused-ring (bicyclic) bond motifs is 1. The third-order valence-corrected chi connectivity index (χ3v) is 6.68. The lowest BCUT2D eigenvalue weighted by Crippen LogP contribution is -2.36. The summed E-state index contributed by atoms with van der Waals surface area (Å²) in [6.07, 6.45) is 0. The van der Waals surface area contributed by atoms with Crippen molar-refractivity contribution in [1.82, 2.24) is 14.4 Å². The molecular weight excluding hydrogens is 362 g/mol. The fraction of sp³-hybridized carbons (Fsp3) is 0.350. The van der Waals surface area contributed by atoms with Crippen molar-refractivity contribution < 1.29 is 12.9 Å². The molecule has 0 spiro atoms.